The molecule has 1 N–H and O–H groups in total. The number of aromatic amines is 1. The third-order valence-electron chi connectivity index (χ3n) is 4.45. The van der Waals surface area contributed by atoms with E-state index in [1.165, 1.54) is 17.5 Å². The van der Waals surface area contributed by atoms with Crippen LogP contribution >= 0.6 is 11.3 Å². The number of carbonyl (C=O) groups is 1. The Hall–Kier alpha value is -2.10. The minimum absolute atomic E-state index is 0.0392. The first-order valence-electron chi connectivity index (χ1n) is 8.55. The molecular weight excluding hydrogens is 354 g/mol. The van der Waals surface area contributed by atoms with Gasteiger partial charge in [-0.15, -0.1) is 11.3 Å². The average molecular weight is 377 g/mol. The highest BCUT2D eigenvalue weighted by Crippen LogP contribution is 2.16. The van der Waals surface area contributed by atoms with Gasteiger partial charge in [0.1, 0.15) is 11.3 Å². The molecule has 9 heteroatoms. The number of nitrogens with zero attached hydrogens (tertiary/aromatic N) is 4. The van der Waals surface area contributed by atoms with E-state index in [-0.39, 0.29) is 17.5 Å². The summed E-state index contributed by atoms with van der Waals surface area (Å²) in [5.41, 5.74) is 0.201. The molecule has 0 radical (unpaired) electrons. The predicted octanol–water partition coefficient (Wildman–Crippen LogP) is 0.995. The third kappa shape index (κ3) is 4.17. The van der Waals surface area contributed by atoms with Gasteiger partial charge in [-0.05, 0) is 13.8 Å². The number of morpholine rings is 1. The fourth-order valence-electron chi connectivity index (χ4n) is 2.97. The summed E-state index contributed by atoms with van der Waals surface area (Å²) in [6.45, 7) is 7.62. The van der Waals surface area contributed by atoms with Crippen molar-refractivity contribution in [2.75, 3.05) is 39.9 Å². The van der Waals surface area contributed by atoms with Gasteiger partial charge in [0.25, 0.3) is 11.5 Å². The van der Waals surface area contributed by atoms with Gasteiger partial charge in [0.15, 0.2) is 5.82 Å². The maximum atomic E-state index is 12.6. The van der Waals surface area contributed by atoms with Gasteiger partial charge in [0.05, 0.1) is 18.2 Å². The van der Waals surface area contributed by atoms with Gasteiger partial charge in [0, 0.05) is 44.3 Å². The summed E-state index contributed by atoms with van der Waals surface area (Å²) in [5.74, 6) is 0.0418. The molecule has 0 spiro atoms. The van der Waals surface area contributed by atoms with Crippen LogP contribution in [-0.4, -0.2) is 76.6 Å². The van der Waals surface area contributed by atoms with E-state index in [2.05, 4.69) is 26.8 Å². The van der Waals surface area contributed by atoms with Crippen LogP contribution < -0.4 is 5.56 Å². The summed E-state index contributed by atoms with van der Waals surface area (Å²) in [7, 11) is 1.70. The molecule has 0 saturated carbocycles. The lowest BCUT2D eigenvalue weighted by atomic mass is 10.2. The number of ether oxygens (including phenoxy) is 1. The first-order chi connectivity index (χ1) is 12.5. The van der Waals surface area contributed by atoms with E-state index >= 15 is 0 Å². The van der Waals surface area contributed by atoms with Crippen LogP contribution in [0.2, 0.25) is 0 Å². The number of rotatable bonds is 5. The molecule has 0 bridgehead atoms. The highest BCUT2D eigenvalue weighted by Gasteiger charge is 2.23. The fourth-order valence-corrected chi connectivity index (χ4v) is 3.57. The molecule has 1 amide bonds. The third-order valence-corrected chi connectivity index (χ3v) is 5.22. The molecule has 1 saturated heterocycles. The van der Waals surface area contributed by atoms with E-state index in [1.807, 2.05) is 12.3 Å². The van der Waals surface area contributed by atoms with Crippen molar-refractivity contribution in [1.29, 1.82) is 0 Å². The largest absolute Gasteiger partial charge is 0.379 e. The Morgan fingerprint density at radius 1 is 1.46 bits per heavy atom. The normalized spacial score (nSPS) is 16.4. The van der Waals surface area contributed by atoms with E-state index in [0.29, 0.717) is 31.3 Å². The minimum Gasteiger partial charge on any atom is -0.379 e. The predicted molar refractivity (Wildman–Crippen MR) is 99.5 cm³/mol. The van der Waals surface area contributed by atoms with Gasteiger partial charge in [-0.3, -0.25) is 14.5 Å². The molecule has 0 aliphatic carbocycles. The molecule has 1 fully saturated rings. The topological polar surface area (TPSA) is 91.4 Å². The number of aromatic nitrogens is 3. The Morgan fingerprint density at radius 3 is 2.81 bits per heavy atom. The summed E-state index contributed by atoms with van der Waals surface area (Å²) < 4.78 is 5.36. The van der Waals surface area contributed by atoms with Crippen molar-refractivity contribution in [3.05, 3.63) is 32.5 Å². The van der Waals surface area contributed by atoms with Gasteiger partial charge < -0.3 is 14.6 Å². The fraction of sp³-hybridized carbons (Fsp3) is 0.529. The zero-order valence-corrected chi connectivity index (χ0v) is 16.0. The molecule has 2 aromatic heterocycles. The SMILES string of the molecule is Cc1nc(-c2ncc(C(=O)N(C)CC(C)N3CCOCC3)c(=O)[nH]2)cs1. The minimum atomic E-state index is -0.448. The van der Waals surface area contributed by atoms with Crippen LogP contribution in [0.1, 0.15) is 22.3 Å². The maximum absolute atomic E-state index is 12.6. The monoisotopic (exact) mass is 377 g/mol. The van der Waals surface area contributed by atoms with Crippen molar-refractivity contribution in [2.24, 2.45) is 0 Å². The first-order valence-corrected chi connectivity index (χ1v) is 9.42. The van der Waals surface area contributed by atoms with Crippen LogP contribution in [0.15, 0.2) is 16.4 Å². The number of carbonyl (C=O) groups excluding carboxylic acids is 1. The van der Waals surface area contributed by atoms with Crippen LogP contribution in [0.25, 0.3) is 11.5 Å². The Balaban J connectivity index is 1.69. The molecule has 1 unspecified atom stereocenters. The van der Waals surface area contributed by atoms with Crippen molar-refractivity contribution in [2.45, 2.75) is 19.9 Å². The molecule has 1 aliphatic rings. The Labute approximate surface area is 155 Å². The van der Waals surface area contributed by atoms with Crippen LogP contribution in [0.3, 0.4) is 0 Å². The Bertz CT molecular complexity index is 828. The number of likely N-dealkylation sites (N-methyl/N-ethyl adjacent to an activating group) is 1. The Morgan fingerprint density at radius 2 is 2.19 bits per heavy atom. The standard InChI is InChI=1S/C17H23N5O3S/c1-11(22-4-6-25-7-5-22)9-21(3)17(24)13-8-18-15(20-16(13)23)14-10-26-12(2)19-14/h8,10-11H,4-7,9H2,1-3H3,(H,18,20,23). The van der Waals surface area contributed by atoms with Gasteiger partial charge in [-0.2, -0.15) is 0 Å². The lowest BCUT2D eigenvalue weighted by Gasteiger charge is -2.34. The summed E-state index contributed by atoms with van der Waals surface area (Å²) in [6.07, 6.45) is 1.33. The molecule has 3 heterocycles. The van der Waals surface area contributed by atoms with Gasteiger partial charge in [-0.25, -0.2) is 9.97 Å². The smallest absolute Gasteiger partial charge is 0.264 e. The number of thiazole rings is 1. The first kappa shape index (κ1) is 18.7. The van der Waals surface area contributed by atoms with Crippen molar-refractivity contribution >= 4 is 17.2 Å². The molecule has 0 aromatic carbocycles. The quantitative estimate of drug-likeness (QED) is 0.836. The van der Waals surface area contributed by atoms with Crippen molar-refractivity contribution in [1.82, 2.24) is 24.8 Å². The van der Waals surface area contributed by atoms with Crippen LogP contribution in [0, 0.1) is 6.92 Å². The van der Waals surface area contributed by atoms with Crippen molar-refractivity contribution in [3.8, 4) is 11.5 Å². The molecular formula is C17H23N5O3S. The lowest BCUT2D eigenvalue weighted by molar-refractivity contribution is 0.0142. The van der Waals surface area contributed by atoms with E-state index < -0.39 is 5.56 Å². The van der Waals surface area contributed by atoms with Crippen LogP contribution in [-0.2, 0) is 4.74 Å². The molecule has 26 heavy (non-hydrogen) atoms. The average Bonchev–Trinajstić information content (AvgIpc) is 3.08. The number of H-pyrrole nitrogens is 1. The molecule has 1 aliphatic heterocycles. The second-order valence-electron chi connectivity index (χ2n) is 6.41. The molecule has 3 rings (SSSR count). The number of aryl methyl sites for hydroxylation is 1. The van der Waals surface area contributed by atoms with Gasteiger partial charge >= 0.3 is 0 Å². The van der Waals surface area contributed by atoms with E-state index in [9.17, 15) is 9.59 Å². The highest BCUT2D eigenvalue weighted by molar-refractivity contribution is 7.09. The summed E-state index contributed by atoms with van der Waals surface area (Å²) in [5, 5.41) is 2.71. The van der Waals surface area contributed by atoms with E-state index in [0.717, 1.165) is 18.1 Å². The second-order valence-corrected chi connectivity index (χ2v) is 7.47. The number of hydrogen-bond donors (Lipinski definition) is 1. The zero-order valence-electron chi connectivity index (χ0n) is 15.2. The zero-order chi connectivity index (χ0) is 18.7. The summed E-state index contributed by atoms with van der Waals surface area (Å²) >= 11 is 1.48. The van der Waals surface area contributed by atoms with Crippen molar-refractivity contribution in [3.63, 3.8) is 0 Å². The van der Waals surface area contributed by atoms with Crippen molar-refractivity contribution < 1.29 is 9.53 Å². The molecule has 2 aromatic rings. The van der Waals surface area contributed by atoms with E-state index in [1.54, 1.807) is 11.9 Å². The van der Waals surface area contributed by atoms with Crippen LogP contribution in [0.4, 0.5) is 0 Å². The Kier molecular flexibility index (Phi) is 5.80. The van der Waals surface area contributed by atoms with Gasteiger partial charge in [-0.1, -0.05) is 0 Å². The maximum Gasteiger partial charge on any atom is 0.264 e. The second kappa shape index (κ2) is 8.07. The van der Waals surface area contributed by atoms with E-state index in [4.69, 9.17) is 4.74 Å². The summed E-state index contributed by atoms with van der Waals surface area (Å²) in [6, 6.07) is 0.192. The number of hydrogen-bond acceptors (Lipinski definition) is 7. The molecule has 8 nitrogen and oxygen atoms in total. The highest BCUT2D eigenvalue weighted by atomic mass is 32.1. The van der Waals surface area contributed by atoms with Crippen LogP contribution in [0.5, 0.6) is 0 Å². The molecule has 140 valence electrons. The molecule has 1 atom stereocenters. The summed E-state index contributed by atoms with van der Waals surface area (Å²) in [4.78, 5) is 40.0. The lowest BCUT2D eigenvalue weighted by Crippen LogP contribution is -2.48. The number of amides is 1. The van der Waals surface area contributed by atoms with Gasteiger partial charge in [0.2, 0.25) is 0 Å². The number of nitrogens with one attached hydrogen (secondary N) is 1.